The second kappa shape index (κ2) is 4.43. The number of ether oxygens (including phenoxy) is 1. The van der Waals surface area contributed by atoms with Crippen molar-refractivity contribution in [2.45, 2.75) is 12.5 Å². The van der Waals surface area contributed by atoms with Gasteiger partial charge in [0.15, 0.2) is 4.67 Å². The molecule has 0 saturated heterocycles. The molecule has 0 saturated carbocycles. The van der Waals surface area contributed by atoms with E-state index in [-0.39, 0.29) is 0 Å². The van der Waals surface area contributed by atoms with Crippen molar-refractivity contribution in [1.29, 1.82) is 0 Å². The van der Waals surface area contributed by atoms with Crippen molar-refractivity contribution in [3.8, 4) is 0 Å². The lowest BCUT2D eigenvalue weighted by Crippen LogP contribution is -2.33. The molecule has 72 valence electrons. The fourth-order valence-electron chi connectivity index (χ4n) is 0.913. The Bertz CT molecular complexity index is 297. The molecule has 1 heterocycles. The molecule has 0 bridgehead atoms. The molecule has 4 nitrogen and oxygen atoms in total. The molecule has 1 aromatic heterocycles. The average Bonchev–Trinajstić information content (AvgIpc) is 2.49. The van der Waals surface area contributed by atoms with E-state index in [4.69, 9.17) is 10.2 Å². The fraction of sp³-hybridized carbons (Fsp3) is 0.375. The summed E-state index contributed by atoms with van der Waals surface area (Å²) >= 11 is 3.15. The normalized spacial score (nSPS) is 12.5. The van der Waals surface area contributed by atoms with Gasteiger partial charge in [-0.3, -0.25) is 4.79 Å². The largest absolute Gasteiger partial charge is 0.468 e. The number of hydrogen-bond acceptors (Lipinski definition) is 4. The number of carbonyl (C=O) groups is 1. The van der Waals surface area contributed by atoms with Gasteiger partial charge in [-0.15, -0.1) is 0 Å². The highest BCUT2D eigenvalue weighted by molar-refractivity contribution is 9.10. The lowest BCUT2D eigenvalue weighted by Gasteiger charge is -2.05. The van der Waals surface area contributed by atoms with Crippen LogP contribution in [0.15, 0.2) is 21.2 Å². The highest BCUT2D eigenvalue weighted by atomic mass is 79.9. The molecule has 0 aromatic carbocycles. The number of rotatable bonds is 3. The van der Waals surface area contributed by atoms with Crippen LogP contribution in [0.3, 0.4) is 0 Å². The second-order valence-electron chi connectivity index (χ2n) is 2.54. The highest BCUT2D eigenvalue weighted by Crippen LogP contribution is 2.15. The maximum Gasteiger partial charge on any atom is 0.323 e. The number of methoxy groups -OCH3 is 1. The molecule has 0 spiro atoms. The zero-order valence-electron chi connectivity index (χ0n) is 7.12. The van der Waals surface area contributed by atoms with Crippen LogP contribution < -0.4 is 5.73 Å². The van der Waals surface area contributed by atoms with Crippen LogP contribution in [0.2, 0.25) is 0 Å². The SMILES string of the molecule is COC(=O)[C@@H](N)Cc1ccc(Br)o1. The van der Waals surface area contributed by atoms with Crippen LogP contribution in [0.25, 0.3) is 0 Å². The van der Waals surface area contributed by atoms with Crippen molar-refractivity contribution in [3.05, 3.63) is 22.6 Å². The van der Waals surface area contributed by atoms with Gasteiger partial charge in [0, 0.05) is 6.42 Å². The Morgan fingerprint density at radius 3 is 2.92 bits per heavy atom. The van der Waals surface area contributed by atoms with Gasteiger partial charge in [-0.25, -0.2) is 0 Å². The molecule has 0 aliphatic heterocycles. The molecule has 1 aromatic rings. The van der Waals surface area contributed by atoms with Gasteiger partial charge in [0.1, 0.15) is 11.8 Å². The molecule has 0 radical (unpaired) electrons. The summed E-state index contributed by atoms with van der Waals surface area (Å²) in [4.78, 5) is 10.9. The molecule has 0 fully saturated rings. The van der Waals surface area contributed by atoms with Crippen LogP contribution in [0, 0.1) is 0 Å². The van der Waals surface area contributed by atoms with E-state index in [9.17, 15) is 4.79 Å². The van der Waals surface area contributed by atoms with Gasteiger partial charge >= 0.3 is 5.97 Å². The Morgan fingerprint density at radius 2 is 2.46 bits per heavy atom. The van der Waals surface area contributed by atoms with Crippen LogP contribution in [0.5, 0.6) is 0 Å². The quantitative estimate of drug-likeness (QED) is 0.813. The lowest BCUT2D eigenvalue weighted by molar-refractivity contribution is -0.142. The van der Waals surface area contributed by atoms with Crippen LogP contribution in [0.1, 0.15) is 5.76 Å². The molecule has 13 heavy (non-hydrogen) atoms. The Morgan fingerprint density at radius 1 is 1.77 bits per heavy atom. The van der Waals surface area contributed by atoms with E-state index >= 15 is 0 Å². The van der Waals surface area contributed by atoms with Crippen LogP contribution in [-0.4, -0.2) is 19.1 Å². The summed E-state index contributed by atoms with van der Waals surface area (Å²) in [6, 6.07) is 2.84. The van der Waals surface area contributed by atoms with Crippen molar-refractivity contribution in [1.82, 2.24) is 0 Å². The predicted octanol–water partition coefficient (Wildman–Crippen LogP) is 1.08. The van der Waals surface area contributed by atoms with Gasteiger partial charge in [-0.2, -0.15) is 0 Å². The minimum absolute atomic E-state index is 0.346. The van der Waals surface area contributed by atoms with E-state index < -0.39 is 12.0 Å². The minimum Gasteiger partial charge on any atom is -0.468 e. The third-order valence-electron chi connectivity index (χ3n) is 1.55. The van der Waals surface area contributed by atoms with Gasteiger partial charge in [0.2, 0.25) is 0 Å². The monoisotopic (exact) mass is 247 g/mol. The summed E-state index contributed by atoms with van der Waals surface area (Å²) in [5.74, 6) is 0.220. The third-order valence-corrected chi connectivity index (χ3v) is 1.98. The summed E-state index contributed by atoms with van der Waals surface area (Å²) < 4.78 is 10.3. The highest BCUT2D eigenvalue weighted by Gasteiger charge is 2.15. The van der Waals surface area contributed by atoms with E-state index in [1.54, 1.807) is 12.1 Å². The number of nitrogens with two attached hydrogens (primary N) is 1. The number of hydrogen-bond donors (Lipinski definition) is 1. The van der Waals surface area contributed by atoms with Crippen LogP contribution in [0.4, 0.5) is 0 Å². The van der Waals surface area contributed by atoms with Crippen molar-refractivity contribution in [2.75, 3.05) is 7.11 Å². The summed E-state index contributed by atoms with van der Waals surface area (Å²) in [7, 11) is 1.31. The topological polar surface area (TPSA) is 65.5 Å². The summed E-state index contributed by atoms with van der Waals surface area (Å²) in [5.41, 5.74) is 5.52. The van der Waals surface area contributed by atoms with E-state index in [0.29, 0.717) is 16.9 Å². The van der Waals surface area contributed by atoms with Crippen molar-refractivity contribution in [3.63, 3.8) is 0 Å². The first-order valence-electron chi connectivity index (χ1n) is 3.71. The maximum absolute atomic E-state index is 10.9. The van der Waals surface area contributed by atoms with Gasteiger partial charge in [0.25, 0.3) is 0 Å². The smallest absolute Gasteiger partial charge is 0.323 e. The van der Waals surface area contributed by atoms with Crippen molar-refractivity contribution in [2.24, 2.45) is 5.73 Å². The molecule has 0 aliphatic carbocycles. The molecule has 0 aliphatic rings. The molecule has 1 rings (SSSR count). The van der Waals surface area contributed by atoms with Gasteiger partial charge in [-0.1, -0.05) is 0 Å². The average molecular weight is 248 g/mol. The Balaban J connectivity index is 2.54. The summed E-state index contributed by atoms with van der Waals surface area (Å²) in [6.07, 6.45) is 0.346. The van der Waals surface area contributed by atoms with Gasteiger partial charge < -0.3 is 14.9 Å². The number of carbonyl (C=O) groups excluding carboxylic acids is 1. The predicted molar refractivity (Wildman–Crippen MR) is 50.1 cm³/mol. The van der Waals surface area contributed by atoms with E-state index in [1.165, 1.54) is 7.11 Å². The molecule has 1 atom stereocenters. The number of halogens is 1. The van der Waals surface area contributed by atoms with Crippen molar-refractivity contribution < 1.29 is 13.9 Å². The maximum atomic E-state index is 10.9. The summed E-state index contributed by atoms with van der Waals surface area (Å²) in [6.45, 7) is 0. The van der Waals surface area contributed by atoms with Gasteiger partial charge in [-0.05, 0) is 28.1 Å². The van der Waals surface area contributed by atoms with Crippen LogP contribution in [-0.2, 0) is 16.0 Å². The third kappa shape index (κ3) is 2.86. The Kier molecular flexibility index (Phi) is 3.50. The number of esters is 1. The van der Waals surface area contributed by atoms with E-state index in [0.717, 1.165) is 0 Å². The second-order valence-corrected chi connectivity index (χ2v) is 3.32. The standard InChI is InChI=1S/C8H10BrNO3/c1-12-8(11)6(10)4-5-2-3-7(9)13-5/h2-3,6H,4,10H2,1H3/t6-/m0/s1. The van der Waals surface area contributed by atoms with Crippen molar-refractivity contribution >= 4 is 21.9 Å². The zero-order chi connectivity index (χ0) is 9.84. The van der Waals surface area contributed by atoms with Crippen LogP contribution >= 0.6 is 15.9 Å². The molecule has 0 unspecified atom stereocenters. The molecular formula is C8H10BrNO3. The first kappa shape index (κ1) is 10.3. The molecule has 0 amide bonds. The Labute approximate surface area is 84.2 Å². The molecule has 5 heteroatoms. The van der Waals surface area contributed by atoms with E-state index in [2.05, 4.69) is 20.7 Å². The van der Waals surface area contributed by atoms with E-state index in [1.807, 2.05) is 0 Å². The first-order valence-corrected chi connectivity index (χ1v) is 4.50. The molecular weight excluding hydrogens is 238 g/mol. The zero-order valence-corrected chi connectivity index (χ0v) is 8.71. The molecule has 2 N–H and O–H groups in total. The van der Waals surface area contributed by atoms with Gasteiger partial charge in [0.05, 0.1) is 7.11 Å². The Hall–Kier alpha value is -0.810. The summed E-state index contributed by atoms with van der Waals surface area (Å²) in [5, 5.41) is 0. The number of furan rings is 1. The lowest BCUT2D eigenvalue weighted by atomic mass is 10.2. The fourth-order valence-corrected chi connectivity index (χ4v) is 1.25. The first-order chi connectivity index (χ1) is 6.13. The minimum atomic E-state index is -0.664.